The number of ether oxygens (including phenoxy) is 4. The minimum atomic E-state index is -0.832. The molecule has 0 spiro atoms. The number of aliphatic hydroxyl groups is 1. The number of carbonyl (C=O) groups excluding carboxylic acids is 2. The van der Waals surface area contributed by atoms with Gasteiger partial charge in [0.2, 0.25) is 0 Å². The van der Waals surface area contributed by atoms with E-state index in [1.807, 2.05) is 6.92 Å². The van der Waals surface area contributed by atoms with Crippen molar-refractivity contribution < 1.29 is 33.6 Å². The largest absolute Gasteiger partial charge is 0.507 e. The zero-order chi connectivity index (χ0) is 26.4. The summed E-state index contributed by atoms with van der Waals surface area (Å²) in [5.74, 6) is 0.0665. The number of hydrogen-bond donors (Lipinski definition) is 1. The predicted octanol–water partition coefficient (Wildman–Crippen LogP) is 3.25. The average molecular weight is 511 g/mol. The van der Waals surface area contributed by atoms with Crippen LogP contribution in [0.4, 0.5) is 0 Å². The molecule has 1 unspecified atom stereocenters. The van der Waals surface area contributed by atoms with Gasteiger partial charge in [0.05, 0.1) is 45.7 Å². The van der Waals surface area contributed by atoms with Crippen LogP contribution in [0.25, 0.3) is 5.76 Å². The van der Waals surface area contributed by atoms with Crippen molar-refractivity contribution in [2.75, 3.05) is 60.2 Å². The van der Waals surface area contributed by atoms with Crippen LogP contribution in [-0.2, 0) is 14.3 Å². The molecule has 9 nitrogen and oxygen atoms in total. The summed E-state index contributed by atoms with van der Waals surface area (Å²) in [5, 5.41) is 11.3. The first-order valence-electron chi connectivity index (χ1n) is 12.5. The van der Waals surface area contributed by atoms with Gasteiger partial charge in [0.15, 0.2) is 0 Å². The summed E-state index contributed by atoms with van der Waals surface area (Å²) in [5.41, 5.74) is 1.01. The number of rotatable bonds is 10. The molecule has 198 valence electrons. The van der Waals surface area contributed by atoms with Crippen LogP contribution < -0.4 is 14.2 Å². The fraction of sp³-hybridized carbons (Fsp3) is 0.429. The minimum absolute atomic E-state index is 0.0204. The number of aliphatic hydroxyl groups excluding tert-OH is 1. The number of carbonyl (C=O) groups is 2. The Morgan fingerprint density at radius 3 is 2.35 bits per heavy atom. The predicted molar refractivity (Wildman–Crippen MR) is 138 cm³/mol. The van der Waals surface area contributed by atoms with Gasteiger partial charge in [-0.2, -0.15) is 0 Å². The van der Waals surface area contributed by atoms with Crippen molar-refractivity contribution in [1.82, 2.24) is 9.80 Å². The van der Waals surface area contributed by atoms with E-state index in [1.54, 1.807) is 49.6 Å². The van der Waals surface area contributed by atoms with Crippen molar-refractivity contribution in [2.45, 2.75) is 19.4 Å². The summed E-state index contributed by atoms with van der Waals surface area (Å²) in [7, 11) is 3.08. The normalized spacial score (nSPS) is 19.8. The Balaban J connectivity index is 1.73. The zero-order valence-electron chi connectivity index (χ0n) is 21.6. The summed E-state index contributed by atoms with van der Waals surface area (Å²) in [6.07, 6.45) is 0.666. The van der Waals surface area contributed by atoms with Crippen LogP contribution in [0.1, 0.15) is 30.5 Å². The van der Waals surface area contributed by atoms with Gasteiger partial charge in [0.25, 0.3) is 11.7 Å². The van der Waals surface area contributed by atoms with Gasteiger partial charge < -0.3 is 29.0 Å². The van der Waals surface area contributed by atoms with Crippen LogP contribution >= 0.6 is 0 Å². The average Bonchev–Trinajstić information content (AvgIpc) is 3.18. The van der Waals surface area contributed by atoms with Gasteiger partial charge in [0.1, 0.15) is 23.0 Å². The molecule has 37 heavy (non-hydrogen) atoms. The highest BCUT2D eigenvalue weighted by Crippen LogP contribution is 2.44. The van der Waals surface area contributed by atoms with Gasteiger partial charge >= 0.3 is 0 Å². The van der Waals surface area contributed by atoms with Crippen molar-refractivity contribution in [3.63, 3.8) is 0 Å². The topological polar surface area (TPSA) is 97.8 Å². The maximum Gasteiger partial charge on any atom is 0.295 e. The standard InChI is InChI=1S/C28H34N2O7/c1-4-37-20-8-6-19(7-9-20)26(31)24-25(22-18-21(34-2)10-11-23(22)35-3)30(28(33)27(24)32)13-5-12-29-14-16-36-17-15-29/h6-11,18,25,31H,4-5,12-17H2,1-3H3/b26-24+. The highest BCUT2D eigenvalue weighted by molar-refractivity contribution is 6.46. The lowest BCUT2D eigenvalue weighted by Gasteiger charge is -2.29. The van der Waals surface area contributed by atoms with E-state index in [0.29, 0.717) is 61.2 Å². The maximum atomic E-state index is 13.4. The first-order valence-corrected chi connectivity index (χ1v) is 12.5. The van der Waals surface area contributed by atoms with Gasteiger partial charge in [0, 0.05) is 37.3 Å². The van der Waals surface area contributed by atoms with E-state index >= 15 is 0 Å². The molecule has 9 heteroatoms. The van der Waals surface area contributed by atoms with Crippen molar-refractivity contribution in [1.29, 1.82) is 0 Å². The molecule has 2 fully saturated rings. The second-order valence-corrected chi connectivity index (χ2v) is 8.87. The molecule has 0 bridgehead atoms. The Labute approximate surface area is 217 Å². The molecule has 0 saturated carbocycles. The van der Waals surface area contributed by atoms with Crippen LogP contribution in [0, 0.1) is 0 Å². The third-order valence-corrected chi connectivity index (χ3v) is 6.69. The van der Waals surface area contributed by atoms with E-state index in [2.05, 4.69) is 4.90 Å². The molecule has 0 aromatic heterocycles. The molecule has 2 aliphatic rings. The van der Waals surface area contributed by atoms with Gasteiger partial charge in [-0.25, -0.2) is 0 Å². The SMILES string of the molecule is CCOc1ccc(/C(O)=C2\C(=O)C(=O)N(CCCN3CCOCC3)C2c2cc(OC)ccc2OC)cc1. The highest BCUT2D eigenvalue weighted by atomic mass is 16.5. The molecule has 0 aliphatic carbocycles. The van der Waals surface area contributed by atoms with Crippen molar-refractivity contribution in [3.05, 3.63) is 59.2 Å². The Hall–Kier alpha value is -3.56. The second kappa shape index (κ2) is 12.1. The van der Waals surface area contributed by atoms with E-state index in [-0.39, 0.29) is 11.3 Å². The van der Waals surface area contributed by atoms with Crippen molar-refractivity contribution in [2.24, 2.45) is 0 Å². The fourth-order valence-electron chi connectivity index (χ4n) is 4.81. The fourth-order valence-corrected chi connectivity index (χ4v) is 4.81. The molecule has 2 aromatic carbocycles. The Kier molecular flexibility index (Phi) is 8.68. The van der Waals surface area contributed by atoms with E-state index in [4.69, 9.17) is 18.9 Å². The smallest absolute Gasteiger partial charge is 0.295 e. The minimum Gasteiger partial charge on any atom is -0.507 e. The Bertz CT molecular complexity index is 1140. The number of ketones is 1. The molecule has 2 saturated heterocycles. The lowest BCUT2D eigenvalue weighted by atomic mass is 9.94. The second-order valence-electron chi connectivity index (χ2n) is 8.87. The first kappa shape index (κ1) is 26.5. The number of methoxy groups -OCH3 is 2. The molecule has 2 aliphatic heterocycles. The molecule has 4 rings (SSSR count). The summed E-state index contributed by atoms with van der Waals surface area (Å²) < 4.78 is 21.9. The van der Waals surface area contributed by atoms with E-state index in [9.17, 15) is 14.7 Å². The lowest BCUT2D eigenvalue weighted by molar-refractivity contribution is -0.140. The number of morpholine rings is 1. The molecular formula is C28H34N2O7. The van der Waals surface area contributed by atoms with Gasteiger partial charge in [-0.05, 0) is 55.8 Å². The molecular weight excluding hydrogens is 476 g/mol. The van der Waals surface area contributed by atoms with Crippen molar-refractivity contribution >= 4 is 17.4 Å². The highest BCUT2D eigenvalue weighted by Gasteiger charge is 2.47. The van der Waals surface area contributed by atoms with E-state index in [0.717, 1.165) is 19.6 Å². The molecule has 1 N–H and O–H groups in total. The van der Waals surface area contributed by atoms with Gasteiger partial charge in [-0.1, -0.05) is 0 Å². The van der Waals surface area contributed by atoms with Crippen LogP contribution in [0.2, 0.25) is 0 Å². The summed E-state index contributed by atoms with van der Waals surface area (Å²) in [4.78, 5) is 30.5. The monoisotopic (exact) mass is 510 g/mol. The maximum absolute atomic E-state index is 13.4. The van der Waals surface area contributed by atoms with E-state index in [1.165, 1.54) is 12.0 Å². The Morgan fingerprint density at radius 1 is 1.00 bits per heavy atom. The van der Waals surface area contributed by atoms with Crippen molar-refractivity contribution in [3.8, 4) is 17.2 Å². The summed E-state index contributed by atoms with van der Waals surface area (Å²) in [6.45, 7) is 6.56. The molecule has 1 atom stereocenters. The molecule has 1 amide bonds. The number of nitrogens with zero attached hydrogens (tertiary/aromatic N) is 2. The number of likely N-dealkylation sites (tertiary alicyclic amines) is 1. The van der Waals surface area contributed by atoms with E-state index < -0.39 is 17.7 Å². The molecule has 2 aromatic rings. The number of hydrogen-bond acceptors (Lipinski definition) is 8. The van der Waals surface area contributed by atoms with Crippen LogP contribution in [0.3, 0.4) is 0 Å². The first-order chi connectivity index (χ1) is 18.0. The third kappa shape index (κ3) is 5.73. The quantitative estimate of drug-likeness (QED) is 0.296. The molecule has 2 heterocycles. The lowest BCUT2D eigenvalue weighted by Crippen LogP contribution is -2.39. The van der Waals surface area contributed by atoms with Gasteiger partial charge in [-0.3, -0.25) is 14.5 Å². The van der Waals surface area contributed by atoms with Crippen LogP contribution in [0.5, 0.6) is 17.2 Å². The number of Topliss-reactive ketones (excluding diaryl/α,β-unsaturated/α-hetero) is 1. The summed E-state index contributed by atoms with van der Waals surface area (Å²) >= 11 is 0. The number of benzene rings is 2. The zero-order valence-corrected chi connectivity index (χ0v) is 21.6. The van der Waals surface area contributed by atoms with Crippen LogP contribution in [0.15, 0.2) is 48.0 Å². The van der Waals surface area contributed by atoms with Crippen LogP contribution in [-0.4, -0.2) is 86.8 Å². The third-order valence-electron chi connectivity index (χ3n) is 6.69. The molecule has 0 radical (unpaired) electrons. The Morgan fingerprint density at radius 2 is 1.70 bits per heavy atom. The summed E-state index contributed by atoms with van der Waals surface area (Å²) in [6, 6.07) is 11.2. The number of amides is 1. The van der Waals surface area contributed by atoms with Gasteiger partial charge in [-0.15, -0.1) is 0 Å².